The summed E-state index contributed by atoms with van der Waals surface area (Å²) in [7, 11) is 0. The van der Waals surface area contributed by atoms with Crippen molar-refractivity contribution in [1.29, 1.82) is 0 Å². The first kappa shape index (κ1) is 9.60. The molecule has 0 aromatic heterocycles. The van der Waals surface area contributed by atoms with Gasteiger partial charge in [-0.15, -0.1) is 11.6 Å². The summed E-state index contributed by atoms with van der Waals surface area (Å²) in [5.74, 6) is 2.25. The molecular formula is C6H13ClOS. The minimum Gasteiger partial charge on any atom is -0.391 e. The number of hydrogen-bond acceptors (Lipinski definition) is 2. The third-order valence-electron chi connectivity index (χ3n) is 0.837. The molecule has 0 saturated heterocycles. The van der Waals surface area contributed by atoms with Crippen LogP contribution in [0, 0.1) is 0 Å². The van der Waals surface area contributed by atoms with Crippen LogP contribution in [0.4, 0.5) is 0 Å². The van der Waals surface area contributed by atoms with E-state index in [0.717, 1.165) is 11.5 Å². The summed E-state index contributed by atoms with van der Waals surface area (Å²) in [4.78, 5) is 0. The Bertz CT molecular complexity index is 61.0. The summed E-state index contributed by atoms with van der Waals surface area (Å²) < 4.78 is 0. The van der Waals surface area contributed by atoms with Gasteiger partial charge in [0, 0.05) is 11.6 Å². The molecule has 3 heteroatoms. The van der Waals surface area contributed by atoms with Crippen LogP contribution in [0.1, 0.15) is 13.3 Å². The first-order valence-corrected chi connectivity index (χ1v) is 4.82. The van der Waals surface area contributed by atoms with Crippen molar-refractivity contribution in [2.24, 2.45) is 0 Å². The Labute approximate surface area is 65.8 Å². The van der Waals surface area contributed by atoms with Crippen molar-refractivity contribution >= 4 is 23.4 Å². The SMILES string of the molecule is CCCSCC(O)CCl. The lowest BCUT2D eigenvalue weighted by molar-refractivity contribution is 0.223. The van der Waals surface area contributed by atoms with Crippen molar-refractivity contribution in [2.45, 2.75) is 19.4 Å². The predicted octanol–water partition coefficient (Wildman–Crippen LogP) is 1.73. The average molecular weight is 169 g/mol. The Morgan fingerprint density at radius 1 is 1.67 bits per heavy atom. The van der Waals surface area contributed by atoms with Crippen LogP contribution in [0.25, 0.3) is 0 Å². The van der Waals surface area contributed by atoms with Gasteiger partial charge in [0.2, 0.25) is 0 Å². The minimum absolute atomic E-state index is 0.316. The first-order valence-electron chi connectivity index (χ1n) is 3.13. The van der Waals surface area contributed by atoms with Gasteiger partial charge in [-0.1, -0.05) is 6.92 Å². The molecule has 0 aliphatic heterocycles. The largest absolute Gasteiger partial charge is 0.391 e. The smallest absolute Gasteiger partial charge is 0.0765 e. The number of halogens is 1. The first-order chi connectivity index (χ1) is 4.31. The van der Waals surface area contributed by atoms with E-state index in [1.807, 2.05) is 0 Å². The van der Waals surface area contributed by atoms with E-state index in [9.17, 15) is 0 Å². The van der Waals surface area contributed by atoms with Crippen LogP contribution in [-0.4, -0.2) is 28.6 Å². The fourth-order valence-electron chi connectivity index (χ4n) is 0.408. The predicted molar refractivity (Wildman–Crippen MR) is 44.3 cm³/mol. The Hall–Kier alpha value is 0.600. The number of aliphatic hydroxyl groups excluding tert-OH is 1. The van der Waals surface area contributed by atoms with Gasteiger partial charge in [0.25, 0.3) is 0 Å². The third-order valence-corrected chi connectivity index (χ3v) is 2.51. The van der Waals surface area contributed by atoms with Gasteiger partial charge in [0.15, 0.2) is 0 Å². The molecule has 9 heavy (non-hydrogen) atoms. The number of aliphatic hydroxyl groups is 1. The van der Waals surface area contributed by atoms with Gasteiger partial charge in [0.05, 0.1) is 6.10 Å². The van der Waals surface area contributed by atoms with Crippen LogP contribution in [0.2, 0.25) is 0 Å². The molecule has 0 spiro atoms. The Morgan fingerprint density at radius 2 is 2.33 bits per heavy atom. The highest BCUT2D eigenvalue weighted by Gasteiger charge is 1.99. The van der Waals surface area contributed by atoms with E-state index >= 15 is 0 Å². The lowest BCUT2D eigenvalue weighted by Gasteiger charge is -2.03. The molecule has 0 radical (unpaired) electrons. The van der Waals surface area contributed by atoms with Crippen molar-refractivity contribution < 1.29 is 5.11 Å². The summed E-state index contributed by atoms with van der Waals surface area (Å²) in [5.41, 5.74) is 0. The van der Waals surface area contributed by atoms with Crippen LogP contribution in [0.15, 0.2) is 0 Å². The average Bonchev–Trinajstić information content (AvgIpc) is 1.89. The molecule has 0 aliphatic rings. The van der Waals surface area contributed by atoms with Crippen LogP contribution in [0.3, 0.4) is 0 Å². The van der Waals surface area contributed by atoms with Gasteiger partial charge in [-0.05, 0) is 12.2 Å². The number of thioether (sulfide) groups is 1. The molecule has 0 aromatic rings. The molecule has 0 aromatic carbocycles. The lowest BCUT2D eigenvalue weighted by atomic mass is 10.5. The molecular weight excluding hydrogens is 156 g/mol. The number of rotatable bonds is 5. The molecule has 56 valence electrons. The maximum atomic E-state index is 8.93. The van der Waals surface area contributed by atoms with Crippen molar-refractivity contribution in [3.63, 3.8) is 0 Å². The Morgan fingerprint density at radius 3 is 2.78 bits per heavy atom. The summed E-state index contributed by atoms with van der Waals surface area (Å²) in [6.45, 7) is 2.13. The summed E-state index contributed by atoms with van der Waals surface area (Å²) in [6, 6.07) is 0. The summed E-state index contributed by atoms with van der Waals surface area (Å²) in [6.07, 6.45) is 0.850. The zero-order valence-electron chi connectivity index (χ0n) is 5.64. The van der Waals surface area contributed by atoms with E-state index in [4.69, 9.17) is 16.7 Å². The fourth-order valence-corrected chi connectivity index (χ4v) is 1.49. The molecule has 1 unspecified atom stereocenters. The van der Waals surface area contributed by atoms with Gasteiger partial charge in [-0.25, -0.2) is 0 Å². The molecule has 0 amide bonds. The highest BCUT2D eigenvalue weighted by molar-refractivity contribution is 7.99. The minimum atomic E-state index is -0.316. The van der Waals surface area contributed by atoms with Gasteiger partial charge < -0.3 is 5.11 Å². The van der Waals surface area contributed by atoms with E-state index in [2.05, 4.69) is 6.92 Å². The van der Waals surface area contributed by atoms with E-state index in [1.54, 1.807) is 11.8 Å². The van der Waals surface area contributed by atoms with Crippen LogP contribution in [0.5, 0.6) is 0 Å². The number of hydrogen-bond donors (Lipinski definition) is 1. The van der Waals surface area contributed by atoms with Gasteiger partial charge in [-0.2, -0.15) is 11.8 Å². The normalized spacial score (nSPS) is 13.7. The van der Waals surface area contributed by atoms with Gasteiger partial charge in [0.1, 0.15) is 0 Å². The Kier molecular flexibility index (Phi) is 7.16. The second kappa shape index (κ2) is 6.72. The molecule has 0 heterocycles. The second-order valence-electron chi connectivity index (χ2n) is 1.88. The highest BCUT2D eigenvalue weighted by atomic mass is 35.5. The molecule has 0 fully saturated rings. The van der Waals surface area contributed by atoms with Crippen molar-refractivity contribution in [1.82, 2.24) is 0 Å². The summed E-state index contributed by atoms with van der Waals surface area (Å²) in [5, 5.41) is 8.93. The maximum Gasteiger partial charge on any atom is 0.0765 e. The zero-order chi connectivity index (χ0) is 7.11. The van der Waals surface area contributed by atoms with Crippen molar-refractivity contribution in [2.75, 3.05) is 17.4 Å². The monoisotopic (exact) mass is 168 g/mol. The molecule has 1 N–H and O–H groups in total. The molecule has 0 rings (SSSR count). The van der Waals surface area contributed by atoms with E-state index < -0.39 is 0 Å². The van der Waals surface area contributed by atoms with E-state index in [0.29, 0.717) is 5.88 Å². The van der Waals surface area contributed by atoms with Crippen LogP contribution in [-0.2, 0) is 0 Å². The third kappa shape index (κ3) is 6.49. The quantitative estimate of drug-likeness (QED) is 0.499. The zero-order valence-corrected chi connectivity index (χ0v) is 7.21. The fraction of sp³-hybridized carbons (Fsp3) is 1.00. The van der Waals surface area contributed by atoms with Gasteiger partial charge >= 0.3 is 0 Å². The van der Waals surface area contributed by atoms with Crippen LogP contribution >= 0.6 is 23.4 Å². The highest BCUT2D eigenvalue weighted by Crippen LogP contribution is 2.04. The molecule has 1 atom stereocenters. The maximum absolute atomic E-state index is 8.93. The summed E-state index contributed by atoms with van der Waals surface area (Å²) >= 11 is 7.12. The number of alkyl halides is 1. The van der Waals surface area contributed by atoms with Crippen molar-refractivity contribution in [3.05, 3.63) is 0 Å². The van der Waals surface area contributed by atoms with E-state index in [1.165, 1.54) is 6.42 Å². The standard InChI is InChI=1S/C6H13ClOS/c1-2-3-9-5-6(8)4-7/h6,8H,2-5H2,1H3. The second-order valence-corrected chi connectivity index (χ2v) is 3.34. The topological polar surface area (TPSA) is 20.2 Å². The van der Waals surface area contributed by atoms with Gasteiger partial charge in [-0.3, -0.25) is 0 Å². The Balaban J connectivity index is 2.88. The van der Waals surface area contributed by atoms with Crippen LogP contribution < -0.4 is 0 Å². The lowest BCUT2D eigenvalue weighted by Crippen LogP contribution is -2.11. The van der Waals surface area contributed by atoms with E-state index in [-0.39, 0.29) is 6.10 Å². The molecule has 1 nitrogen and oxygen atoms in total. The molecule has 0 bridgehead atoms. The molecule has 0 saturated carbocycles. The van der Waals surface area contributed by atoms with Crippen molar-refractivity contribution in [3.8, 4) is 0 Å². The molecule has 0 aliphatic carbocycles.